The lowest BCUT2D eigenvalue weighted by molar-refractivity contribution is 0.171. The van der Waals surface area contributed by atoms with Crippen LogP contribution >= 0.6 is 0 Å². The van der Waals surface area contributed by atoms with Crippen LogP contribution in [0.3, 0.4) is 0 Å². The summed E-state index contributed by atoms with van der Waals surface area (Å²) in [5, 5.41) is 0. The minimum absolute atomic E-state index is 0.0769. The number of hydrogen-bond acceptors (Lipinski definition) is 5. The quantitative estimate of drug-likeness (QED) is 0.837. The average molecular weight is 284 g/mol. The van der Waals surface area contributed by atoms with E-state index >= 15 is 0 Å². The summed E-state index contributed by atoms with van der Waals surface area (Å²) in [6.07, 6.45) is 0.698. The maximum absolute atomic E-state index is 12.4. The van der Waals surface area contributed by atoms with Crippen LogP contribution in [-0.2, 0) is 10.0 Å². The standard InChI is InChI=1S/C12H16N2O4S/c13-9-3-4-14(8-9)19(15,16)10-1-2-11-12(7-10)18-6-5-17-11/h1-2,7,9H,3-6,8,13H2/t9-/m1/s1. The van der Waals surface area contributed by atoms with Gasteiger partial charge in [-0.1, -0.05) is 0 Å². The highest BCUT2D eigenvalue weighted by Crippen LogP contribution is 2.33. The Labute approximate surface area is 112 Å². The van der Waals surface area contributed by atoms with E-state index in [1.54, 1.807) is 12.1 Å². The van der Waals surface area contributed by atoms with Gasteiger partial charge in [0, 0.05) is 25.2 Å². The maximum atomic E-state index is 12.4. The molecule has 0 aliphatic carbocycles. The van der Waals surface area contributed by atoms with Crippen molar-refractivity contribution in [1.82, 2.24) is 4.31 Å². The topological polar surface area (TPSA) is 81.9 Å². The molecule has 6 nitrogen and oxygen atoms in total. The zero-order chi connectivity index (χ0) is 13.5. The van der Waals surface area contributed by atoms with Crippen LogP contribution in [0, 0.1) is 0 Å². The number of hydrogen-bond donors (Lipinski definition) is 1. The first-order chi connectivity index (χ1) is 9.07. The summed E-state index contributed by atoms with van der Waals surface area (Å²) >= 11 is 0. The first-order valence-electron chi connectivity index (χ1n) is 6.23. The molecule has 0 amide bonds. The van der Waals surface area contributed by atoms with Gasteiger partial charge < -0.3 is 15.2 Å². The Balaban J connectivity index is 1.93. The first kappa shape index (κ1) is 12.7. The van der Waals surface area contributed by atoms with E-state index in [9.17, 15) is 8.42 Å². The van der Waals surface area contributed by atoms with E-state index in [2.05, 4.69) is 0 Å². The molecule has 1 aromatic rings. The number of ether oxygens (including phenoxy) is 2. The van der Waals surface area contributed by atoms with Gasteiger partial charge in [0.2, 0.25) is 10.0 Å². The zero-order valence-corrected chi connectivity index (χ0v) is 11.2. The predicted molar refractivity (Wildman–Crippen MR) is 68.8 cm³/mol. The van der Waals surface area contributed by atoms with E-state index < -0.39 is 10.0 Å². The molecule has 0 unspecified atom stereocenters. The minimum Gasteiger partial charge on any atom is -0.486 e. The summed E-state index contributed by atoms with van der Waals surface area (Å²) in [6, 6.07) is 4.63. The lowest BCUT2D eigenvalue weighted by Crippen LogP contribution is -2.32. The van der Waals surface area contributed by atoms with Gasteiger partial charge in [-0.05, 0) is 18.6 Å². The second-order valence-corrected chi connectivity index (χ2v) is 6.66. The summed E-state index contributed by atoms with van der Waals surface area (Å²) in [5.41, 5.74) is 5.76. The molecule has 0 bridgehead atoms. The number of rotatable bonds is 2. The van der Waals surface area contributed by atoms with Crippen LogP contribution in [0.25, 0.3) is 0 Å². The summed E-state index contributed by atoms with van der Waals surface area (Å²) in [7, 11) is -3.49. The summed E-state index contributed by atoms with van der Waals surface area (Å²) in [6.45, 7) is 1.76. The molecule has 0 saturated carbocycles. The number of nitrogens with zero attached hydrogens (tertiary/aromatic N) is 1. The molecule has 2 heterocycles. The van der Waals surface area contributed by atoms with Crippen molar-refractivity contribution in [2.75, 3.05) is 26.3 Å². The number of fused-ring (bicyclic) bond motifs is 1. The molecule has 1 saturated heterocycles. The Morgan fingerprint density at radius 3 is 2.63 bits per heavy atom. The van der Waals surface area contributed by atoms with Crippen LogP contribution in [0.15, 0.2) is 23.1 Å². The largest absolute Gasteiger partial charge is 0.486 e. The Morgan fingerprint density at radius 1 is 1.21 bits per heavy atom. The molecule has 2 aliphatic heterocycles. The van der Waals surface area contributed by atoms with Gasteiger partial charge in [-0.15, -0.1) is 0 Å². The third kappa shape index (κ3) is 2.29. The lowest BCUT2D eigenvalue weighted by Gasteiger charge is -2.20. The van der Waals surface area contributed by atoms with Crippen LogP contribution in [0.1, 0.15) is 6.42 Å². The third-order valence-corrected chi connectivity index (χ3v) is 5.20. The Kier molecular flexibility index (Phi) is 3.12. The van der Waals surface area contributed by atoms with Crippen molar-refractivity contribution in [3.63, 3.8) is 0 Å². The van der Waals surface area contributed by atoms with Crippen LogP contribution in [0.5, 0.6) is 11.5 Å². The second-order valence-electron chi connectivity index (χ2n) is 4.72. The van der Waals surface area contributed by atoms with E-state index in [1.165, 1.54) is 10.4 Å². The molecule has 0 spiro atoms. The summed E-state index contributed by atoms with van der Waals surface area (Å²) < 4.78 is 37.1. The highest BCUT2D eigenvalue weighted by Gasteiger charge is 2.31. The van der Waals surface area contributed by atoms with Crippen molar-refractivity contribution >= 4 is 10.0 Å². The van der Waals surface area contributed by atoms with E-state index in [1.807, 2.05) is 0 Å². The molecular weight excluding hydrogens is 268 g/mol. The molecule has 19 heavy (non-hydrogen) atoms. The van der Waals surface area contributed by atoms with Crippen molar-refractivity contribution in [2.45, 2.75) is 17.4 Å². The fourth-order valence-electron chi connectivity index (χ4n) is 2.31. The van der Waals surface area contributed by atoms with E-state index in [0.29, 0.717) is 44.2 Å². The van der Waals surface area contributed by atoms with Crippen molar-refractivity contribution in [1.29, 1.82) is 0 Å². The van der Waals surface area contributed by atoms with Crippen LogP contribution < -0.4 is 15.2 Å². The molecule has 1 fully saturated rings. The van der Waals surface area contributed by atoms with Gasteiger partial charge in [-0.3, -0.25) is 0 Å². The van der Waals surface area contributed by atoms with Gasteiger partial charge in [-0.25, -0.2) is 8.42 Å². The summed E-state index contributed by atoms with van der Waals surface area (Å²) in [4.78, 5) is 0.228. The Bertz CT molecular complexity index is 587. The van der Waals surface area contributed by atoms with Crippen LogP contribution in [0.4, 0.5) is 0 Å². The molecule has 2 N–H and O–H groups in total. The van der Waals surface area contributed by atoms with Gasteiger partial charge in [-0.2, -0.15) is 4.31 Å². The molecule has 0 aromatic heterocycles. The number of nitrogens with two attached hydrogens (primary N) is 1. The molecule has 2 aliphatic rings. The van der Waals surface area contributed by atoms with Gasteiger partial charge in [0.1, 0.15) is 13.2 Å². The van der Waals surface area contributed by atoms with Gasteiger partial charge in [0.25, 0.3) is 0 Å². The monoisotopic (exact) mass is 284 g/mol. The number of sulfonamides is 1. The van der Waals surface area contributed by atoms with Crippen LogP contribution in [-0.4, -0.2) is 45.1 Å². The Morgan fingerprint density at radius 2 is 1.95 bits per heavy atom. The van der Waals surface area contributed by atoms with E-state index in [-0.39, 0.29) is 10.9 Å². The minimum atomic E-state index is -3.49. The van der Waals surface area contributed by atoms with Crippen molar-refractivity contribution in [3.05, 3.63) is 18.2 Å². The second kappa shape index (κ2) is 4.66. The van der Waals surface area contributed by atoms with E-state index in [4.69, 9.17) is 15.2 Å². The molecule has 1 aromatic carbocycles. The molecule has 7 heteroatoms. The highest BCUT2D eigenvalue weighted by molar-refractivity contribution is 7.89. The van der Waals surface area contributed by atoms with Gasteiger partial charge in [0.05, 0.1) is 4.90 Å². The van der Waals surface area contributed by atoms with Gasteiger partial charge in [0.15, 0.2) is 11.5 Å². The average Bonchev–Trinajstić information content (AvgIpc) is 2.85. The zero-order valence-electron chi connectivity index (χ0n) is 10.4. The smallest absolute Gasteiger partial charge is 0.243 e. The van der Waals surface area contributed by atoms with Gasteiger partial charge >= 0.3 is 0 Å². The van der Waals surface area contributed by atoms with Crippen molar-refractivity contribution < 1.29 is 17.9 Å². The molecule has 3 rings (SSSR count). The first-order valence-corrected chi connectivity index (χ1v) is 7.67. The SMILES string of the molecule is N[C@@H]1CCN(S(=O)(=O)c2ccc3c(c2)OCCO3)C1. The van der Waals surface area contributed by atoms with Crippen molar-refractivity contribution in [2.24, 2.45) is 5.73 Å². The third-order valence-electron chi connectivity index (χ3n) is 3.34. The summed E-state index contributed by atoms with van der Waals surface area (Å²) in [5.74, 6) is 1.07. The fourth-order valence-corrected chi connectivity index (χ4v) is 3.83. The lowest BCUT2D eigenvalue weighted by atomic mass is 10.3. The Hall–Kier alpha value is -1.31. The maximum Gasteiger partial charge on any atom is 0.243 e. The molecular formula is C12H16N2O4S. The molecule has 0 radical (unpaired) electrons. The fraction of sp³-hybridized carbons (Fsp3) is 0.500. The molecule has 1 atom stereocenters. The molecule has 104 valence electrons. The van der Waals surface area contributed by atoms with E-state index in [0.717, 1.165) is 0 Å². The highest BCUT2D eigenvalue weighted by atomic mass is 32.2. The number of benzene rings is 1. The van der Waals surface area contributed by atoms with Crippen LogP contribution in [0.2, 0.25) is 0 Å². The normalized spacial score (nSPS) is 23.5. The predicted octanol–water partition coefficient (Wildman–Crippen LogP) is 0.179. The van der Waals surface area contributed by atoms with Crippen molar-refractivity contribution in [3.8, 4) is 11.5 Å².